The molecule has 0 atom stereocenters. The average molecular weight is 151 g/mol. The summed E-state index contributed by atoms with van der Waals surface area (Å²) in [4.78, 5) is 2.16. The minimum atomic E-state index is 1.05. The summed E-state index contributed by atoms with van der Waals surface area (Å²) in [7, 11) is 2.08. The van der Waals surface area contributed by atoms with Gasteiger partial charge in [-0.1, -0.05) is 18.2 Å². The first-order valence-electron chi connectivity index (χ1n) is 3.83. The van der Waals surface area contributed by atoms with Crippen LogP contribution in [0.4, 0.5) is 0 Å². The molecule has 1 aliphatic heterocycles. The topological polar surface area (TPSA) is 3.24 Å². The van der Waals surface area contributed by atoms with Crippen LogP contribution in [-0.4, -0.2) is 18.5 Å². The Balaban J connectivity index is 0.000000292. The molecule has 0 radical (unpaired) electrons. The monoisotopic (exact) mass is 151 g/mol. The van der Waals surface area contributed by atoms with E-state index >= 15 is 0 Å². The Labute approximate surface area is 69.7 Å². The standard InChI is InChI=1S/C7H11N.C3H6/c1-7-4-3-5-8(2)6-7;1-3-2/h3-4,6H,5H2,1-2H3;3H,1H2,2H3. The van der Waals surface area contributed by atoms with Gasteiger partial charge in [0.1, 0.15) is 0 Å². The van der Waals surface area contributed by atoms with Crippen molar-refractivity contribution in [3.63, 3.8) is 0 Å². The lowest BCUT2D eigenvalue weighted by Crippen LogP contribution is -2.12. The Bertz CT molecular complexity index is 166. The first kappa shape index (κ1) is 10.0. The van der Waals surface area contributed by atoms with Gasteiger partial charge in [0.25, 0.3) is 0 Å². The highest BCUT2D eigenvalue weighted by Crippen LogP contribution is 2.02. The molecule has 0 aromatic carbocycles. The predicted octanol–water partition coefficient (Wildman–Crippen LogP) is 2.58. The fourth-order valence-electron chi connectivity index (χ4n) is 0.848. The lowest BCUT2D eigenvalue weighted by molar-refractivity contribution is 0.500. The summed E-state index contributed by atoms with van der Waals surface area (Å²) >= 11 is 0. The van der Waals surface area contributed by atoms with Crippen LogP contribution < -0.4 is 0 Å². The highest BCUT2D eigenvalue weighted by atomic mass is 15.1. The van der Waals surface area contributed by atoms with Crippen LogP contribution in [0.2, 0.25) is 0 Å². The fourth-order valence-corrected chi connectivity index (χ4v) is 0.848. The lowest BCUT2D eigenvalue weighted by Gasteiger charge is -2.15. The Kier molecular flexibility index (Phi) is 5.26. The minimum absolute atomic E-state index is 1.05. The minimum Gasteiger partial charge on any atom is -0.376 e. The summed E-state index contributed by atoms with van der Waals surface area (Å²) in [6.07, 6.45) is 8.19. The summed E-state index contributed by atoms with van der Waals surface area (Å²) < 4.78 is 0. The van der Waals surface area contributed by atoms with Gasteiger partial charge in [0.15, 0.2) is 0 Å². The first-order valence-corrected chi connectivity index (χ1v) is 3.83. The smallest absolute Gasteiger partial charge is 0.0354 e. The quantitative estimate of drug-likeness (QED) is 0.481. The summed E-state index contributed by atoms with van der Waals surface area (Å²) in [5.41, 5.74) is 1.33. The molecule has 0 aliphatic carbocycles. The van der Waals surface area contributed by atoms with E-state index in [1.165, 1.54) is 5.57 Å². The van der Waals surface area contributed by atoms with Gasteiger partial charge in [0.05, 0.1) is 0 Å². The third-order valence-electron chi connectivity index (χ3n) is 1.20. The highest BCUT2D eigenvalue weighted by Gasteiger charge is 1.92. The highest BCUT2D eigenvalue weighted by molar-refractivity contribution is 5.19. The van der Waals surface area contributed by atoms with Gasteiger partial charge < -0.3 is 4.90 Å². The third-order valence-corrected chi connectivity index (χ3v) is 1.20. The van der Waals surface area contributed by atoms with Crippen molar-refractivity contribution in [2.24, 2.45) is 0 Å². The van der Waals surface area contributed by atoms with Crippen molar-refractivity contribution in [3.8, 4) is 0 Å². The van der Waals surface area contributed by atoms with E-state index in [4.69, 9.17) is 0 Å². The van der Waals surface area contributed by atoms with Crippen LogP contribution in [0.25, 0.3) is 0 Å². The average Bonchev–Trinajstić information content (AvgIpc) is 1.88. The molecule has 1 aliphatic rings. The van der Waals surface area contributed by atoms with Crippen molar-refractivity contribution in [2.75, 3.05) is 13.6 Å². The number of hydrogen-bond acceptors (Lipinski definition) is 1. The van der Waals surface area contributed by atoms with E-state index in [9.17, 15) is 0 Å². The summed E-state index contributed by atoms with van der Waals surface area (Å²) in [5, 5.41) is 0. The molecule has 0 fully saturated rings. The van der Waals surface area contributed by atoms with Crippen LogP contribution in [-0.2, 0) is 0 Å². The molecule has 11 heavy (non-hydrogen) atoms. The number of allylic oxidation sites excluding steroid dienone is 3. The van der Waals surface area contributed by atoms with Crippen molar-refractivity contribution in [2.45, 2.75) is 13.8 Å². The van der Waals surface area contributed by atoms with E-state index < -0.39 is 0 Å². The number of hydrogen-bond donors (Lipinski definition) is 0. The van der Waals surface area contributed by atoms with Crippen LogP contribution in [0.3, 0.4) is 0 Å². The molecule has 0 spiro atoms. The second-order valence-corrected chi connectivity index (χ2v) is 2.62. The van der Waals surface area contributed by atoms with Gasteiger partial charge in [-0.25, -0.2) is 0 Å². The zero-order chi connectivity index (χ0) is 8.69. The zero-order valence-corrected chi connectivity index (χ0v) is 7.67. The van der Waals surface area contributed by atoms with Gasteiger partial charge in [0, 0.05) is 19.8 Å². The molecule has 0 amide bonds. The van der Waals surface area contributed by atoms with E-state index in [0.29, 0.717) is 0 Å². The molecule has 1 heteroatoms. The van der Waals surface area contributed by atoms with Gasteiger partial charge in [-0.15, -0.1) is 6.58 Å². The molecule has 0 bridgehead atoms. The van der Waals surface area contributed by atoms with Crippen molar-refractivity contribution in [1.82, 2.24) is 4.90 Å². The number of nitrogens with zero attached hydrogens (tertiary/aromatic N) is 1. The summed E-state index contributed by atoms with van der Waals surface area (Å²) in [6, 6.07) is 0. The molecule has 0 aromatic heterocycles. The normalized spacial score (nSPS) is 14.8. The maximum Gasteiger partial charge on any atom is 0.0354 e. The molecule has 1 nitrogen and oxygen atoms in total. The molecule has 62 valence electrons. The molecular weight excluding hydrogens is 134 g/mol. The Hall–Kier alpha value is -0.980. The van der Waals surface area contributed by atoms with Crippen molar-refractivity contribution in [3.05, 3.63) is 36.6 Å². The van der Waals surface area contributed by atoms with Crippen LogP contribution in [0.15, 0.2) is 36.6 Å². The Morgan fingerprint density at radius 2 is 2.18 bits per heavy atom. The number of likely N-dealkylation sites (N-methyl/N-ethyl adjacent to an activating group) is 1. The maximum atomic E-state index is 3.36. The molecule has 0 saturated heterocycles. The van der Waals surface area contributed by atoms with Gasteiger partial charge >= 0.3 is 0 Å². The summed E-state index contributed by atoms with van der Waals surface area (Å²) in [5.74, 6) is 0. The Morgan fingerprint density at radius 1 is 1.64 bits per heavy atom. The fraction of sp³-hybridized carbons (Fsp3) is 0.400. The van der Waals surface area contributed by atoms with Gasteiger partial charge in [-0.05, 0) is 19.4 Å². The van der Waals surface area contributed by atoms with E-state index in [1.807, 2.05) is 6.92 Å². The van der Waals surface area contributed by atoms with Crippen LogP contribution >= 0.6 is 0 Å². The SMILES string of the molecule is C=CC.CC1=CN(C)CC=C1. The largest absolute Gasteiger partial charge is 0.376 e. The van der Waals surface area contributed by atoms with E-state index in [2.05, 4.69) is 43.8 Å². The maximum absolute atomic E-state index is 3.36. The zero-order valence-electron chi connectivity index (χ0n) is 7.67. The second-order valence-electron chi connectivity index (χ2n) is 2.62. The molecule has 0 saturated carbocycles. The second kappa shape index (κ2) is 5.78. The summed E-state index contributed by atoms with van der Waals surface area (Å²) in [6.45, 7) is 8.41. The molecule has 0 N–H and O–H groups in total. The van der Waals surface area contributed by atoms with E-state index in [1.54, 1.807) is 6.08 Å². The van der Waals surface area contributed by atoms with Gasteiger partial charge in [-0.2, -0.15) is 0 Å². The predicted molar refractivity (Wildman–Crippen MR) is 51.4 cm³/mol. The first-order chi connectivity index (χ1) is 5.20. The molecule has 1 rings (SSSR count). The third kappa shape index (κ3) is 5.46. The van der Waals surface area contributed by atoms with E-state index in [-0.39, 0.29) is 0 Å². The van der Waals surface area contributed by atoms with Crippen molar-refractivity contribution >= 4 is 0 Å². The molecule has 0 unspecified atom stereocenters. The van der Waals surface area contributed by atoms with Crippen LogP contribution in [0, 0.1) is 0 Å². The number of rotatable bonds is 0. The lowest BCUT2D eigenvalue weighted by atomic mass is 10.2. The van der Waals surface area contributed by atoms with Crippen molar-refractivity contribution < 1.29 is 0 Å². The van der Waals surface area contributed by atoms with Crippen LogP contribution in [0.1, 0.15) is 13.8 Å². The molecule has 1 heterocycles. The molecular formula is C10H17N. The molecule has 0 aromatic rings. The van der Waals surface area contributed by atoms with Crippen LogP contribution in [0.5, 0.6) is 0 Å². The van der Waals surface area contributed by atoms with Crippen molar-refractivity contribution in [1.29, 1.82) is 0 Å². The Morgan fingerprint density at radius 3 is 2.45 bits per heavy atom. The van der Waals surface area contributed by atoms with Gasteiger partial charge in [0.2, 0.25) is 0 Å². The van der Waals surface area contributed by atoms with Gasteiger partial charge in [-0.3, -0.25) is 0 Å². The van der Waals surface area contributed by atoms with E-state index in [0.717, 1.165) is 6.54 Å².